The van der Waals surface area contributed by atoms with Gasteiger partial charge in [0.05, 0.1) is 4.90 Å². The number of carbonyl (C=O) groups is 1. The number of sulfonamides is 1. The molecule has 0 aliphatic carbocycles. The Morgan fingerprint density at radius 1 is 1.21 bits per heavy atom. The van der Waals surface area contributed by atoms with Crippen molar-refractivity contribution in [2.45, 2.75) is 63.4 Å². The first-order chi connectivity index (χ1) is 11.3. The molecule has 0 aliphatic rings. The third kappa shape index (κ3) is 6.22. The molecule has 0 radical (unpaired) electrons. The largest absolute Gasteiger partial charge is 0.348 e. The first kappa shape index (κ1) is 20.6. The number of amides is 1. The van der Waals surface area contributed by atoms with Gasteiger partial charge in [-0.2, -0.15) is 0 Å². The van der Waals surface area contributed by atoms with Gasteiger partial charge in [0, 0.05) is 24.2 Å². The normalized spacial score (nSPS) is 14.2. The molecule has 7 heteroatoms. The third-order valence-corrected chi connectivity index (χ3v) is 5.53. The maximum absolute atomic E-state index is 12.2. The standard InChI is InChI=1S/C17H29N3O3S/c1-4-6-7-15(12-18)19-17(21)14-8-10-16(11-9-14)24(22,23)20-13(3)5-2/h8-11,13,15,20H,4-7,12,18H2,1-3H3,(H,19,21). The molecule has 24 heavy (non-hydrogen) atoms. The molecule has 1 rings (SSSR count). The van der Waals surface area contributed by atoms with Gasteiger partial charge in [0.15, 0.2) is 0 Å². The minimum Gasteiger partial charge on any atom is -0.348 e. The van der Waals surface area contributed by atoms with Gasteiger partial charge in [-0.3, -0.25) is 4.79 Å². The number of nitrogens with one attached hydrogen (secondary N) is 2. The molecule has 1 aromatic carbocycles. The summed E-state index contributed by atoms with van der Waals surface area (Å²) in [5.41, 5.74) is 6.10. The predicted octanol–water partition coefficient (Wildman–Crippen LogP) is 2.01. The molecule has 0 aliphatic heterocycles. The lowest BCUT2D eigenvalue weighted by molar-refractivity contribution is 0.0935. The van der Waals surface area contributed by atoms with Crippen LogP contribution in [0.4, 0.5) is 0 Å². The fourth-order valence-corrected chi connectivity index (χ4v) is 3.50. The average Bonchev–Trinajstić information content (AvgIpc) is 2.57. The van der Waals surface area contributed by atoms with E-state index >= 15 is 0 Å². The molecule has 2 unspecified atom stereocenters. The summed E-state index contributed by atoms with van der Waals surface area (Å²) in [5, 5.41) is 2.89. The van der Waals surface area contributed by atoms with E-state index in [0.29, 0.717) is 18.5 Å². The molecule has 4 N–H and O–H groups in total. The topological polar surface area (TPSA) is 101 Å². The SMILES string of the molecule is CCCCC(CN)NC(=O)c1ccc(S(=O)(=O)NC(C)CC)cc1. The Hall–Kier alpha value is -1.44. The average molecular weight is 356 g/mol. The van der Waals surface area contributed by atoms with Crippen molar-refractivity contribution in [1.82, 2.24) is 10.0 Å². The van der Waals surface area contributed by atoms with Crippen molar-refractivity contribution in [2.24, 2.45) is 5.73 Å². The van der Waals surface area contributed by atoms with Gasteiger partial charge < -0.3 is 11.1 Å². The molecular formula is C17H29N3O3S. The summed E-state index contributed by atoms with van der Waals surface area (Å²) in [4.78, 5) is 12.4. The van der Waals surface area contributed by atoms with Crippen LogP contribution in [0, 0.1) is 0 Å². The summed E-state index contributed by atoms with van der Waals surface area (Å²) in [6.07, 6.45) is 3.59. The van der Waals surface area contributed by atoms with Gasteiger partial charge in [0.2, 0.25) is 10.0 Å². The van der Waals surface area contributed by atoms with Gasteiger partial charge in [-0.1, -0.05) is 26.7 Å². The van der Waals surface area contributed by atoms with E-state index in [0.717, 1.165) is 19.3 Å². The van der Waals surface area contributed by atoms with E-state index in [1.807, 2.05) is 13.8 Å². The molecule has 136 valence electrons. The molecule has 2 atom stereocenters. The molecular weight excluding hydrogens is 326 g/mol. The molecule has 1 aromatic rings. The zero-order chi connectivity index (χ0) is 18.2. The van der Waals surface area contributed by atoms with Crippen LogP contribution in [0.25, 0.3) is 0 Å². The van der Waals surface area contributed by atoms with E-state index in [9.17, 15) is 13.2 Å². The van der Waals surface area contributed by atoms with Gasteiger partial charge in [0.25, 0.3) is 5.91 Å². The highest BCUT2D eigenvalue weighted by Gasteiger charge is 2.18. The van der Waals surface area contributed by atoms with Crippen molar-refractivity contribution in [3.05, 3.63) is 29.8 Å². The number of unbranched alkanes of at least 4 members (excludes halogenated alkanes) is 1. The molecule has 0 saturated heterocycles. The van der Waals surface area contributed by atoms with E-state index in [1.54, 1.807) is 0 Å². The van der Waals surface area contributed by atoms with Crippen molar-refractivity contribution < 1.29 is 13.2 Å². The number of carbonyl (C=O) groups excluding carboxylic acids is 1. The maximum Gasteiger partial charge on any atom is 0.251 e. The molecule has 0 fully saturated rings. The van der Waals surface area contributed by atoms with Crippen molar-refractivity contribution >= 4 is 15.9 Å². The maximum atomic E-state index is 12.2. The van der Waals surface area contributed by atoms with Crippen molar-refractivity contribution in [1.29, 1.82) is 0 Å². The van der Waals surface area contributed by atoms with Gasteiger partial charge in [-0.25, -0.2) is 13.1 Å². The monoisotopic (exact) mass is 355 g/mol. The zero-order valence-electron chi connectivity index (χ0n) is 14.7. The van der Waals surface area contributed by atoms with Gasteiger partial charge in [-0.15, -0.1) is 0 Å². The Bertz CT molecular complexity index is 614. The fourth-order valence-electron chi connectivity index (χ4n) is 2.17. The molecule has 6 nitrogen and oxygen atoms in total. The highest BCUT2D eigenvalue weighted by molar-refractivity contribution is 7.89. The summed E-state index contributed by atoms with van der Waals surface area (Å²) >= 11 is 0. The van der Waals surface area contributed by atoms with E-state index in [-0.39, 0.29) is 22.9 Å². The Morgan fingerprint density at radius 2 is 1.83 bits per heavy atom. The van der Waals surface area contributed by atoms with E-state index in [1.165, 1.54) is 24.3 Å². The van der Waals surface area contributed by atoms with Gasteiger partial charge in [0.1, 0.15) is 0 Å². The van der Waals surface area contributed by atoms with Crippen LogP contribution >= 0.6 is 0 Å². The number of hydrogen-bond acceptors (Lipinski definition) is 4. The van der Waals surface area contributed by atoms with Crippen LogP contribution < -0.4 is 15.8 Å². The Balaban J connectivity index is 2.77. The highest BCUT2D eigenvalue weighted by Crippen LogP contribution is 2.12. The fraction of sp³-hybridized carbons (Fsp3) is 0.588. The number of nitrogens with two attached hydrogens (primary N) is 1. The Morgan fingerprint density at radius 3 is 2.33 bits per heavy atom. The molecule has 0 bridgehead atoms. The van der Waals surface area contributed by atoms with Crippen LogP contribution in [-0.4, -0.2) is 33.0 Å². The molecule has 0 saturated carbocycles. The lowest BCUT2D eigenvalue weighted by Gasteiger charge is -2.16. The highest BCUT2D eigenvalue weighted by atomic mass is 32.2. The van der Waals surface area contributed by atoms with Crippen molar-refractivity contribution in [3.8, 4) is 0 Å². The summed E-state index contributed by atoms with van der Waals surface area (Å²) < 4.78 is 27.0. The first-order valence-corrected chi connectivity index (χ1v) is 9.95. The minimum absolute atomic E-state index is 0.0621. The second-order valence-electron chi connectivity index (χ2n) is 6.00. The molecule has 1 amide bonds. The van der Waals surface area contributed by atoms with Crippen LogP contribution in [0.2, 0.25) is 0 Å². The second kappa shape index (κ2) is 9.76. The van der Waals surface area contributed by atoms with E-state index in [2.05, 4.69) is 17.0 Å². The number of rotatable bonds is 10. The van der Waals surface area contributed by atoms with Crippen LogP contribution in [0.15, 0.2) is 29.2 Å². The molecule has 0 heterocycles. The minimum atomic E-state index is -3.56. The third-order valence-electron chi connectivity index (χ3n) is 3.92. The van der Waals surface area contributed by atoms with Crippen LogP contribution in [-0.2, 0) is 10.0 Å². The summed E-state index contributed by atoms with van der Waals surface area (Å²) in [5.74, 6) is -0.236. The first-order valence-electron chi connectivity index (χ1n) is 8.47. The summed E-state index contributed by atoms with van der Waals surface area (Å²) in [6.45, 7) is 6.19. The van der Waals surface area contributed by atoms with Crippen LogP contribution in [0.1, 0.15) is 56.8 Å². The zero-order valence-corrected chi connectivity index (χ0v) is 15.5. The summed E-state index contributed by atoms with van der Waals surface area (Å²) in [7, 11) is -3.56. The predicted molar refractivity (Wildman–Crippen MR) is 96.4 cm³/mol. The second-order valence-corrected chi connectivity index (χ2v) is 7.72. The number of benzene rings is 1. The van der Waals surface area contributed by atoms with Gasteiger partial charge >= 0.3 is 0 Å². The summed E-state index contributed by atoms with van der Waals surface area (Å²) in [6, 6.07) is 5.74. The van der Waals surface area contributed by atoms with E-state index in [4.69, 9.17) is 5.73 Å². The van der Waals surface area contributed by atoms with Gasteiger partial charge in [-0.05, 0) is 44.0 Å². The van der Waals surface area contributed by atoms with Crippen molar-refractivity contribution in [3.63, 3.8) is 0 Å². The van der Waals surface area contributed by atoms with Crippen LogP contribution in [0.3, 0.4) is 0 Å². The molecule has 0 aromatic heterocycles. The lowest BCUT2D eigenvalue weighted by Crippen LogP contribution is -2.40. The van der Waals surface area contributed by atoms with Crippen LogP contribution in [0.5, 0.6) is 0 Å². The molecule has 0 spiro atoms. The van der Waals surface area contributed by atoms with Crippen molar-refractivity contribution in [2.75, 3.05) is 6.54 Å². The lowest BCUT2D eigenvalue weighted by atomic mass is 10.1. The number of hydrogen-bond donors (Lipinski definition) is 3. The van der Waals surface area contributed by atoms with E-state index < -0.39 is 10.0 Å². The Labute approximate surface area is 145 Å². The smallest absolute Gasteiger partial charge is 0.251 e. The Kier molecular flexibility index (Phi) is 8.38. The quantitative estimate of drug-likeness (QED) is 0.597.